The lowest BCUT2D eigenvalue weighted by Crippen LogP contribution is -2.45. The molecule has 1 heterocycles. The molecule has 1 saturated carbocycles. The third-order valence-corrected chi connectivity index (χ3v) is 5.82. The number of likely N-dealkylation sites (tertiary alicyclic amines) is 1. The zero-order valence-corrected chi connectivity index (χ0v) is 12.8. The van der Waals surface area contributed by atoms with Crippen molar-refractivity contribution < 1.29 is 4.79 Å². The second-order valence-electron chi connectivity index (χ2n) is 7.41. The molecule has 0 aromatic rings. The van der Waals surface area contributed by atoms with Gasteiger partial charge in [-0.25, -0.2) is 0 Å². The van der Waals surface area contributed by atoms with Gasteiger partial charge in [0, 0.05) is 25.7 Å². The van der Waals surface area contributed by atoms with Gasteiger partial charge in [0.25, 0.3) is 0 Å². The van der Waals surface area contributed by atoms with E-state index in [4.69, 9.17) is 5.73 Å². The molecule has 0 radical (unpaired) electrons. The summed E-state index contributed by atoms with van der Waals surface area (Å²) in [6.45, 7) is 12.4. The van der Waals surface area contributed by atoms with Crippen LogP contribution in [0, 0.1) is 16.7 Å². The number of rotatable bonds is 4. The quantitative estimate of drug-likeness (QED) is 0.805. The predicted molar refractivity (Wildman–Crippen MR) is 77.7 cm³/mol. The minimum Gasteiger partial charge on any atom is -0.355 e. The van der Waals surface area contributed by atoms with Crippen molar-refractivity contribution in [2.45, 2.75) is 46.6 Å². The number of carbonyl (C=O) groups is 1. The van der Waals surface area contributed by atoms with Gasteiger partial charge in [0.15, 0.2) is 0 Å². The van der Waals surface area contributed by atoms with Gasteiger partial charge in [-0.15, -0.1) is 0 Å². The number of nitrogens with zero attached hydrogens (tertiary/aromatic N) is 1. The van der Waals surface area contributed by atoms with Crippen LogP contribution in [0.2, 0.25) is 0 Å². The Hall–Kier alpha value is -0.610. The van der Waals surface area contributed by atoms with Gasteiger partial charge < -0.3 is 11.1 Å². The summed E-state index contributed by atoms with van der Waals surface area (Å²) in [5.74, 6) is 0.757. The molecule has 0 atom stereocenters. The highest BCUT2D eigenvalue weighted by atomic mass is 16.2. The van der Waals surface area contributed by atoms with Crippen LogP contribution >= 0.6 is 0 Å². The Balaban J connectivity index is 1.69. The molecule has 2 rings (SSSR count). The van der Waals surface area contributed by atoms with Crippen LogP contribution < -0.4 is 11.1 Å². The minimum absolute atomic E-state index is 0.161. The van der Waals surface area contributed by atoms with Gasteiger partial charge in [-0.3, -0.25) is 9.69 Å². The summed E-state index contributed by atoms with van der Waals surface area (Å²) in [5.41, 5.74) is 6.56. The lowest BCUT2D eigenvalue weighted by molar-refractivity contribution is -0.122. The summed E-state index contributed by atoms with van der Waals surface area (Å²) in [7, 11) is 0. The summed E-state index contributed by atoms with van der Waals surface area (Å²) >= 11 is 0. The normalized spacial score (nSPS) is 27.2. The summed E-state index contributed by atoms with van der Waals surface area (Å²) in [4.78, 5) is 14.2. The predicted octanol–water partition coefficient (Wildman–Crippen LogP) is 1.21. The number of carbonyl (C=O) groups excluding carboxylic acids is 1. The largest absolute Gasteiger partial charge is 0.355 e. The van der Waals surface area contributed by atoms with Gasteiger partial charge in [0.1, 0.15) is 0 Å². The van der Waals surface area contributed by atoms with Crippen molar-refractivity contribution in [2.24, 2.45) is 22.5 Å². The molecule has 19 heavy (non-hydrogen) atoms. The molecule has 0 unspecified atom stereocenters. The van der Waals surface area contributed by atoms with E-state index in [1.54, 1.807) is 0 Å². The third-order valence-electron chi connectivity index (χ3n) is 5.82. The molecule has 2 fully saturated rings. The number of piperidine rings is 1. The van der Waals surface area contributed by atoms with Crippen LogP contribution in [0.4, 0.5) is 0 Å². The van der Waals surface area contributed by atoms with Gasteiger partial charge in [-0.2, -0.15) is 0 Å². The maximum Gasteiger partial charge on any atom is 0.234 e. The van der Waals surface area contributed by atoms with Crippen molar-refractivity contribution >= 4 is 5.91 Å². The van der Waals surface area contributed by atoms with E-state index < -0.39 is 0 Å². The Morgan fingerprint density at radius 2 is 1.74 bits per heavy atom. The molecule has 110 valence electrons. The molecule has 4 heteroatoms. The first-order chi connectivity index (χ1) is 8.75. The van der Waals surface area contributed by atoms with Crippen LogP contribution in [-0.4, -0.2) is 43.0 Å². The Morgan fingerprint density at radius 1 is 1.21 bits per heavy atom. The number of nitrogens with one attached hydrogen (secondary N) is 1. The number of amides is 1. The highest BCUT2D eigenvalue weighted by Crippen LogP contribution is 2.67. The molecule has 1 amide bonds. The molecule has 1 saturated heterocycles. The molecule has 0 aromatic heterocycles. The van der Waals surface area contributed by atoms with Crippen LogP contribution in [0.25, 0.3) is 0 Å². The SMILES string of the molecule is CC1(C)C(CNC(=O)CN2CCC(N)CC2)C1(C)C. The number of hydrogen-bond donors (Lipinski definition) is 2. The maximum atomic E-state index is 12.0. The standard InChI is InChI=1S/C15H29N3O/c1-14(2)12(15(14,3)4)9-17-13(19)10-18-7-5-11(16)6-8-18/h11-12H,5-10,16H2,1-4H3,(H,17,19). The molecule has 0 aromatic carbocycles. The average molecular weight is 267 g/mol. The van der Waals surface area contributed by atoms with Crippen molar-refractivity contribution in [3.05, 3.63) is 0 Å². The van der Waals surface area contributed by atoms with E-state index in [0.717, 1.165) is 32.5 Å². The lowest BCUT2D eigenvalue weighted by Gasteiger charge is -2.29. The van der Waals surface area contributed by atoms with Crippen LogP contribution in [0.3, 0.4) is 0 Å². The van der Waals surface area contributed by atoms with Gasteiger partial charge in [-0.1, -0.05) is 27.7 Å². The van der Waals surface area contributed by atoms with Crippen LogP contribution in [0.1, 0.15) is 40.5 Å². The zero-order chi connectivity index (χ0) is 14.3. The van der Waals surface area contributed by atoms with Crippen LogP contribution in [-0.2, 0) is 4.79 Å². The van der Waals surface area contributed by atoms with Crippen molar-refractivity contribution in [2.75, 3.05) is 26.2 Å². The fraction of sp³-hybridized carbons (Fsp3) is 0.933. The summed E-state index contributed by atoms with van der Waals surface area (Å²) in [6.07, 6.45) is 2.02. The second-order valence-corrected chi connectivity index (χ2v) is 7.41. The fourth-order valence-corrected chi connectivity index (χ4v) is 3.43. The maximum absolute atomic E-state index is 12.0. The average Bonchev–Trinajstić information content (AvgIpc) is 2.70. The number of hydrogen-bond acceptors (Lipinski definition) is 3. The molecule has 2 aliphatic rings. The number of nitrogens with two attached hydrogens (primary N) is 1. The summed E-state index contributed by atoms with van der Waals surface area (Å²) in [5, 5.41) is 3.10. The molecule has 0 spiro atoms. The van der Waals surface area contributed by atoms with Gasteiger partial charge in [-0.05, 0) is 29.6 Å². The molecular weight excluding hydrogens is 238 g/mol. The van der Waals surface area contributed by atoms with Gasteiger partial charge >= 0.3 is 0 Å². The van der Waals surface area contributed by atoms with E-state index in [2.05, 4.69) is 37.9 Å². The molecule has 4 nitrogen and oxygen atoms in total. The molecule has 0 bridgehead atoms. The van der Waals surface area contributed by atoms with Crippen molar-refractivity contribution in [1.29, 1.82) is 0 Å². The molecule has 3 N–H and O–H groups in total. The topological polar surface area (TPSA) is 58.4 Å². The van der Waals surface area contributed by atoms with Crippen molar-refractivity contribution in [3.63, 3.8) is 0 Å². The Kier molecular flexibility index (Phi) is 3.94. The monoisotopic (exact) mass is 267 g/mol. The van der Waals surface area contributed by atoms with E-state index in [1.165, 1.54) is 0 Å². The Bertz CT molecular complexity index is 329. The molecule has 1 aliphatic heterocycles. The second kappa shape index (κ2) is 5.06. The summed E-state index contributed by atoms with van der Waals surface area (Å²) in [6, 6.07) is 0.326. The van der Waals surface area contributed by atoms with Crippen molar-refractivity contribution in [3.8, 4) is 0 Å². The van der Waals surface area contributed by atoms with E-state index in [9.17, 15) is 4.79 Å². The smallest absolute Gasteiger partial charge is 0.234 e. The minimum atomic E-state index is 0.161. The third kappa shape index (κ3) is 2.95. The van der Waals surface area contributed by atoms with Crippen molar-refractivity contribution in [1.82, 2.24) is 10.2 Å². The molecule has 1 aliphatic carbocycles. The van der Waals surface area contributed by atoms with Gasteiger partial charge in [0.05, 0.1) is 6.54 Å². The zero-order valence-electron chi connectivity index (χ0n) is 12.8. The first-order valence-corrected chi connectivity index (χ1v) is 7.50. The summed E-state index contributed by atoms with van der Waals surface area (Å²) < 4.78 is 0. The van der Waals surface area contributed by atoms with Gasteiger partial charge in [0.2, 0.25) is 5.91 Å². The van der Waals surface area contributed by atoms with E-state index in [-0.39, 0.29) is 5.91 Å². The first-order valence-electron chi connectivity index (χ1n) is 7.50. The Labute approximate surface area is 117 Å². The van der Waals surface area contributed by atoms with E-state index in [1.807, 2.05) is 0 Å². The van der Waals surface area contributed by atoms with Crippen LogP contribution in [0.15, 0.2) is 0 Å². The molecular formula is C15H29N3O. The first kappa shape index (κ1) is 14.8. The fourth-order valence-electron chi connectivity index (χ4n) is 3.43. The lowest BCUT2D eigenvalue weighted by atomic mass is 10.0. The van der Waals surface area contributed by atoms with E-state index >= 15 is 0 Å². The Morgan fingerprint density at radius 3 is 2.21 bits per heavy atom. The van der Waals surface area contributed by atoms with E-state index in [0.29, 0.717) is 29.3 Å². The van der Waals surface area contributed by atoms with Crippen LogP contribution in [0.5, 0.6) is 0 Å². The highest BCUT2D eigenvalue weighted by molar-refractivity contribution is 5.78. The highest BCUT2D eigenvalue weighted by Gasteiger charge is 2.64.